The van der Waals surface area contributed by atoms with Crippen LogP contribution in [0.15, 0.2) is 11.4 Å². The number of piperazine rings is 1. The van der Waals surface area contributed by atoms with E-state index in [9.17, 15) is 9.59 Å². The summed E-state index contributed by atoms with van der Waals surface area (Å²) < 4.78 is 0. The molecule has 1 aromatic heterocycles. The van der Waals surface area contributed by atoms with E-state index in [1.54, 1.807) is 6.92 Å². The maximum atomic E-state index is 11.5. The zero-order chi connectivity index (χ0) is 13.8. The fourth-order valence-electron chi connectivity index (χ4n) is 1.83. The highest BCUT2D eigenvalue weighted by Crippen LogP contribution is 2.18. The van der Waals surface area contributed by atoms with E-state index in [0.717, 1.165) is 10.4 Å². The van der Waals surface area contributed by atoms with Crippen molar-refractivity contribution in [3.63, 3.8) is 0 Å². The summed E-state index contributed by atoms with van der Waals surface area (Å²) in [7, 11) is 0. The smallest absolute Gasteiger partial charge is 0.243 e. The van der Waals surface area contributed by atoms with Crippen LogP contribution in [-0.2, 0) is 16.1 Å². The topological polar surface area (TPSA) is 69.6 Å². The van der Waals surface area contributed by atoms with Crippen molar-refractivity contribution in [1.82, 2.24) is 10.2 Å². The molecule has 0 saturated carbocycles. The quantitative estimate of drug-likeness (QED) is 0.587. The summed E-state index contributed by atoms with van der Waals surface area (Å²) in [6.07, 6.45) is 0. The minimum absolute atomic E-state index is 0.164. The molecule has 5 nitrogen and oxygen atoms in total. The minimum atomic E-state index is -0.313. The van der Waals surface area contributed by atoms with Gasteiger partial charge in [-0.2, -0.15) is 0 Å². The van der Waals surface area contributed by atoms with E-state index in [1.165, 1.54) is 11.3 Å². The van der Waals surface area contributed by atoms with Crippen LogP contribution in [0.2, 0.25) is 0 Å². The minimum Gasteiger partial charge on any atom is -0.384 e. The first-order valence-electron chi connectivity index (χ1n) is 5.85. The number of rotatable bonds is 2. The fourth-order valence-corrected chi connectivity index (χ4v) is 2.67. The van der Waals surface area contributed by atoms with Crippen molar-refractivity contribution < 1.29 is 14.7 Å². The first-order chi connectivity index (χ1) is 9.10. The lowest BCUT2D eigenvalue weighted by Crippen LogP contribution is -2.56. The van der Waals surface area contributed by atoms with Gasteiger partial charge < -0.3 is 5.11 Å². The number of aliphatic hydroxyl groups is 1. The number of carbonyl (C=O) groups excluding carboxylic acids is 2. The van der Waals surface area contributed by atoms with Crippen LogP contribution in [0, 0.1) is 11.8 Å². The molecule has 1 fully saturated rings. The number of amides is 2. The zero-order valence-electron chi connectivity index (χ0n) is 10.5. The number of nitrogens with zero attached hydrogens (tertiary/aromatic N) is 1. The number of thiophene rings is 1. The summed E-state index contributed by atoms with van der Waals surface area (Å²) >= 11 is 1.53. The summed E-state index contributed by atoms with van der Waals surface area (Å²) in [5.74, 6) is 4.89. The molecule has 2 heterocycles. The number of hydrogen-bond donors (Lipinski definition) is 2. The van der Waals surface area contributed by atoms with Crippen LogP contribution < -0.4 is 5.32 Å². The molecule has 2 rings (SSSR count). The molecule has 6 heteroatoms. The maximum Gasteiger partial charge on any atom is 0.243 e. The van der Waals surface area contributed by atoms with Crippen LogP contribution >= 0.6 is 11.3 Å². The summed E-state index contributed by atoms with van der Waals surface area (Å²) in [6, 6.07) is 1.60. The molecular formula is C13H14N2O3S. The third-order valence-electron chi connectivity index (χ3n) is 2.86. The molecule has 2 N–H and O–H groups in total. The number of hydrogen-bond acceptors (Lipinski definition) is 5. The first kappa shape index (κ1) is 13.7. The maximum absolute atomic E-state index is 11.5. The lowest BCUT2D eigenvalue weighted by Gasteiger charge is -2.30. The number of imide groups is 1. The Morgan fingerprint density at radius 2 is 2.37 bits per heavy atom. The second-order valence-electron chi connectivity index (χ2n) is 4.25. The highest BCUT2D eigenvalue weighted by Gasteiger charge is 2.30. The van der Waals surface area contributed by atoms with Gasteiger partial charge in [-0.15, -0.1) is 11.3 Å². The highest BCUT2D eigenvalue weighted by molar-refractivity contribution is 7.10. The van der Waals surface area contributed by atoms with E-state index in [2.05, 4.69) is 17.2 Å². The van der Waals surface area contributed by atoms with Gasteiger partial charge in [-0.25, -0.2) is 0 Å². The molecule has 0 radical (unpaired) electrons. The standard InChI is InChI=1S/C13H14N2O3S/c1-9-13(18)14-12(17)7-15(9)6-11-5-10(8-19-11)3-2-4-16/h5,8-9,16H,4,6-7H2,1H3,(H,14,17,18). The molecule has 0 spiro atoms. The fraction of sp³-hybridized carbons (Fsp3) is 0.385. The Kier molecular flexibility index (Phi) is 4.32. The molecule has 1 unspecified atom stereocenters. The van der Waals surface area contributed by atoms with Gasteiger partial charge in [0.2, 0.25) is 11.8 Å². The summed E-state index contributed by atoms with van der Waals surface area (Å²) in [5, 5.41) is 12.8. The van der Waals surface area contributed by atoms with Gasteiger partial charge in [0.1, 0.15) is 6.61 Å². The van der Waals surface area contributed by atoms with Crippen molar-refractivity contribution in [2.24, 2.45) is 0 Å². The van der Waals surface area contributed by atoms with Crippen LogP contribution in [0.3, 0.4) is 0 Å². The molecule has 1 aliphatic rings. The summed E-state index contributed by atoms with van der Waals surface area (Å²) in [4.78, 5) is 25.7. The Morgan fingerprint density at radius 1 is 1.58 bits per heavy atom. The van der Waals surface area contributed by atoms with Crippen molar-refractivity contribution >= 4 is 23.2 Å². The van der Waals surface area contributed by atoms with Crippen molar-refractivity contribution in [1.29, 1.82) is 0 Å². The van der Waals surface area contributed by atoms with Crippen molar-refractivity contribution in [3.05, 3.63) is 21.9 Å². The van der Waals surface area contributed by atoms with Gasteiger partial charge in [-0.3, -0.25) is 19.8 Å². The van der Waals surface area contributed by atoms with E-state index < -0.39 is 0 Å². The molecule has 100 valence electrons. The number of carbonyl (C=O) groups is 2. The lowest BCUT2D eigenvalue weighted by atomic mass is 10.2. The van der Waals surface area contributed by atoms with Crippen LogP contribution in [-0.4, -0.2) is 41.0 Å². The van der Waals surface area contributed by atoms with Crippen LogP contribution in [0.5, 0.6) is 0 Å². The monoisotopic (exact) mass is 278 g/mol. The van der Waals surface area contributed by atoms with E-state index in [-0.39, 0.29) is 31.0 Å². The molecule has 0 aromatic carbocycles. The van der Waals surface area contributed by atoms with Crippen LogP contribution in [0.25, 0.3) is 0 Å². The molecule has 1 atom stereocenters. The van der Waals surface area contributed by atoms with Gasteiger partial charge in [0.15, 0.2) is 0 Å². The molecule has 2 amide bonds. The van der Waals surface area contributed by atoms with Crippen molar-refractivity contribution in [2.75, 3.05) is 13.2 Å². The Labute approximate surface area is 115 Å². The van der Waals surface area contributed by atoms with Gasteiger partial charge >= 0.3 is 0 Å². The molecule has 0 bridgehead atoms. The third-order valence-corrected chi connectivity index (χ3v) is 3.78. The number of aliphatic hydroxyl groups excluding tert-OH is 1. The molecule has 1 aliphatic heterocycles. The zero-order valence-corrected chi connectivity index (χ0v) is 11.3. The number of nitrogens with one attached hydrogen (secondary N) is 1. The summed E-state index contributed by atoms with van der Waals surface area (Å²) in [6.45, 7) is 2.39. The molecular weight excluding hydrogens is 264 g/mol. The normalized spacial score (nSPS) is 19.8. The predicted octanol–water partition coefficient (Wildman–Crippen LogP) is -0.0612. The van der Waals surface area contributed by atoms with E-state index >= 15 is 0 Å². The molecule has 19 heavy (non-hydrogen) atoms. The predicted molar refractivity (Wildman–Crippen MR) is 71.3 cm³/mol. The Bertz CT molecular complexity index is 556. The Balaban J connectivity index is 2.05. The van der Waals surface area contributed by atoms with E-state index in [1.807, 2.05) is 16.3 Å². The van der Waals surface area contributed by atoms with Gasteiger partial charge in [0.05, 0.1) is 12.6 Å². The molecule has 0 aliphatic carbocycles. The highest BCUT2D eigenvalue weighted by atomic mass is 32.1. The SMILES string of the molecule is CC1C(=O)NC(=O)CN1Cc1cc(C#CCO)cs1. The second-order valence-corrected chi connectivity index (χ2v) is 5.25. The Morgan fingerprint density at radius 3 is 3.11 bits per heavy atom. The molecule has 1 aromatic rings. The first-order valence-corrected chi connectivity index (χ1v) is 6.73. The largest absolute Gasteiger partial charge is 0.384 e. The lowest BCUT2D eigenvalue weighted by molar-refractivity contribution is -0.139. The van der Waals surface area contributed by atoms with Crippen molar-refractivity contribution in [2.45, 2.75) is 19.5 Å². The van der Waals surface area contributed by atoms with E-state index in [4.69, 9.17) is 5.11 Å². The average Bonchev–Trinajstić information content (AvgIpc) is 2.80. The van der Waals surface area contributed by atoms with Crippen LogP contribution in [0.1, 0.15) is 17.4 Å². The molecule has 1 saturated heterocycles. The van der Waals surface area contributed by atoms with Gasteiger partial charge in [-0.1, -0.05) is 11.8 Å². The summed E-state index contributed by atoms with van der Waals surface area (Å²) in [5.41, 5.74) is 0.842. The van der Waals surface area contributed by atoms with Gasteiger partial charge in [0.25, 0.3) is 0 Å². The average molecular weight is 278 g/mol. The van der Waals surface area contributed by atoms with Crippen LogP contribution in [0.4, 0.5) is 0 Å². The van der Waals surface area contributed by atoms with E-state index in [0.29, 0.717) is 6.54 Å². The third kappa shape index (κ3) is 3.41. The second kappa shape index (κ2) is 5.97. The van der Waals surface area contributed by atoms with Gasteiger partial charge in [-0.05, 0) is 13.0 Å². The van der Waals surface area contributed by atoms with Crippen molar-refractivity contribution in [3.8, 4) is 11.8 Å². The van der Waals surface area contributed by atoms with Gasteiger partial charge in [0, 0.05) is 22.4 Å². The Hall–Kier alpha value is -1.68.